The van der Waals surface area contributed by atoms with Crippen molar-refractivity contribution in [2.75, 3.05) is 11.9 Å². The van der Waals surface area contributed by atoms with E-state index in [1.54, 1.807) is 12.1 Å². The third-order valence-electron chi connectivity index (χ3n) is 2.21. The molecule has 0 fully saturated rings. The van der Waals surface area contributed by atoms with Gasteiger partial charge in [0.2, 0.25) is 0 Å². The van der Waals surface area contributed by atoms with E-state index in [1.807, 2.05) is 32.9 Å². The Morgan fingerprint density at radius 1 is 1.44 bits per heavy atom. The molecule has 86 valence electrons. The number of allylic oxidation sites excluding steroid dienone is 1. The summed E-state index contributed by atoms with van der Waals surface area (Å²) in [6.45, 7) is 6.54. The normalized spacial score (nSPS) is 9.69. The highest BCUT2D eigenvalue weighted by Gasteiger charge is 2.08. The van der Waals surface area contributed by atoms with Crippen LogP contribution in [0.4, 0.5) is 5.69 Å². The van der Waals surface area contributed by atoms with E-state index in [9.17, 15) is 4.79 Å². The molecule has 1 aromatic carbocycles. The van der Waals surface area contributed by atoms with Crippen molar-refractivity contribution in [2.45, 2.75) is 20.8 Å². The number of carbonyl (C=O) groups is 1. The molecule has 2 N–H and O–H groups in total. The summed E-state index contributed by atoms with van der Waals surface area (Å²) in [6.07, 6.45) is 2.02. The third kappa shape index (κ3) is 3.42. The lowest BCUT2D eigenvalue weighted by atomic mass is 10.1. The van der Waals surface area contributed by atoms with Crippen LogP contribution in [0, 0.1) is 6.92 Å². The van der Waals surface area contributed by atoms with Gasteiger partial charge in [-0.05, 0) is 32.9 Å². The number of aryl methyl sites for hydroxylation is 1. The number of carboxylic acid groups (broad SMARTS) is 1. The molecule has 1 aromatic rings. The van der Waals surface area contributed by atoms with E-state index < -0.39 is 5.97 Å². The molecule has 1 rings (SSSR count). The fourth-order valence-corrected chi connectivity index (χ4v) is 1.35. The molecule has 0 bridgehead atoms. The van der Waals surface area contributed by atoms with Gasteiger partial charge in [0.15, 0.2) is 0 Å². The molecular weight excluding hydrogens is 202 g/mol. The first-order chi connectivity index (χ1) is 7.50. The molecule has 0 spiro atoms. The topological polar surface area (TPSA) is 49.3 Å². The molecule has 0 amide bonds. The largest absolute Gasteiger partial charge is 0.478 e. The molecule has 0 aliphatic heterocycles. The standard InChI is InChI=1S/C13H17NO2/c1-9(2)6-7-14-12-5-4-10(3)8-11(12)13(15)16/h4-6,8,14H,7H2,1-3H3,(H,15,16). The number of benzene rings is 1. The smallest absolute Gasteiger partial charge is 0.337 e. The highest BCUT2D eigenvalue weighted by Crippen LogP contribution is 2.17. The van der Waals surface area contributed by atoms with Crippen molar-refractivity contribution in [3.63, 3.8) is 0 Å². The number of rotatable bonds is 4. The number of hydrogen-bond donors (Lipinski definition) is 2. The number of aromatic carboxylic acids is 1. The zero-order valence-corrected chi connectivity index (χ0v) is 9.87. The van der Waals surface area contributed by atoms with Crippen LogP contribution in [-0.2, 0) is 0 Å². The summed E-state index contributed by atoms with van der Waals surface area (Å²) in [5.41, 5.74) is 3.14. The van der Waals surface area contributed by atoms with Crippen molar-refractivity contribution in [3.05, 3.63) is 41.0 Å². The van der Waals surface area contributed by atoms with Crippen molar-refractivity contribution in [3.8, 4) is 0 Å². The van der Waals surface area contributed by atoms with Crippen LogP contribution in [0.25, 0.3) is 0 Å². The molecule has 3 heteroatoms. The molecule has 0 aliphatic carbocycles. The van der Waals surface area contributed by atoms with E-state index in [0.29, 0.717) is 17.8 Å². The fourth-order valence-electron chi connectivity index (χ4n) is 1.35. The summed E-state index contributed by atoms with van der Waals surface area (Å²) < 4.78 is 0. The Morgan fingerprint density at radius 3 is 2.69 bits per heavy atom. The van der Waals surface area contributed by atoms with Gasteiger partial charge in [0.1, 0.15) is 0 Å². The minimum absolute atomic E-state index is 0.321. The SMILES string of the molecule is CC(C)=CCNc1ccc(C)cc1C(=O)O. The second kappa shape index (κ2) is 5.35. The van der Waals surface area contributed by atoms with E-state index >= 15 is 0 Å². The van der Waals surface area contributed by atoms with Crippen molar-refractivity contribution >= 4 is 11.7 Å². The van der Waals surface area contributed by atoms with Crippen molar-refractivity contribution in [2.24, 2.45) is 0 Å². The molecule has 0 saturated carbocycles. The second-order valence-corrected chi connectivity index (χ2v) is 4.02. The minimum atomic E-state index is -0.900. The van der Waals surface area contributed by atoms with E-state index in [0.717, 1.165) is 5.56 Å². The average Bonchev–Trinajstić information content (AvgIpc) is 2.19. The van der Waals surface area contributed by atoms with Gasteiger partial charge in [0.25, 0.3) is 0 Å². The minimum Gasteiger partial charge on any atom is -0.478 e. The van der Waals surface area contributed by atoms with E-state index in [1.165, 1.54) is 5.57 Å². The monoisotopic (exact) mass is 219 g/mol. The molecule has 0 saturated heterocycles. The first-order valence-electron chi connectivity index (χ1n) is 5.22. The maximum atomic E-state index is 11.0. The molecule has 0 radical (unpaired) electrons. The van der Waals surface area contributed by atoms with Gasteiger partial charge in [-0.2, -0.15) is 0 Å². The van der Waals surface area contributed by atoms with Crippen molar-refractivity contribution < 1.29 is 9.90 Å². The molecule has 0 aliphatic rings. The van der Waals surface area contributed by atoms with Gasteiger partial charge in [-0.1, -0.05) is 23.3 Å². The Morgan fingerprint density at radius 2 is 2.12 bits per heavy atom. The van der Waals surface area contributed by atoms with Gasteiger partial charge < -0.3 is 10.4 Å². The summed E-state index contributed by atoms with van der Waals surface area (Å²) in [7, 11) is 0. The zero-order chi connectivity index (χ0) is 12.1. The first-order valence-corrected chi connectivity index (χ1v) is 5.22. The van der Waals surface area contributed by atoms with Gasteiger partial charge in [-0.15, -0.1) is 0 Å². The molecular formula is C13H17NO2. The Kier molecular flexibility index (Phi) is 4.11. The highest BCUT2D eigenvalue weighted by atomic mass is 16.4. The molecule has 0 unspecified atom stereocenters. The summed E-state index contributed by atoms with van der Waals surface area (Å²) in [4.78, 5) is 11.0. The predicted octanol–water partition coefficient (Wildman–Crippen LogP) is 3.07. The molecule has 3 nitrogen and oxygen atoms in total. The van der Waals surface area contributed by atoms with Gasteiger partial charge in [0, 0.05) is 12.2 Å². The predicted molar refractivity (Wildman–Crippen MR) is 66.1 cm³/mol. The Balaban J connectivity index is 2.87. The summed E-state index contributed by atoms with van der Waals surface area (Å²) in [5.74, 6) is -0.900. The lowest BCUT2D eigenvalue weighted by Crippen LogP contribution is -2.06. The summed E-state index contributed by atoms with van der Waals surface area (Å²) in [6, 6.07) is 5.38. The first kappa shape index (κ1) is 12.3. The number of nitrogens with one attached hydrogen (secondary N) is 1. The van der Waals surface area contributed by atoms with Crippen LogP contribution >= 0.6 is 0 Å². The van der Waals surface area contributed by atoms with Gasteiger partial charge in [-0.3, -0.25) is 0 Å². The Labute approximate surface area is 95.8 Å². The summed E-state index contributed by atoms with van der Waals surface area (Å²) >= 11 is 0. The van der Waals surface area contributed by atoms with Crippen molar-refractivity contribution in [1.29, 1.82) is 0 Å². The average molecular weight is 219 g/mol. The Hall–Kier alpha value is -1.77. The lowest BCUT2D eigenvalue weighted by Gasteiger charge is -2.08. The quantitative estimate of drug-likeness (QED) is 0.765. The Bertz CT molecular complexity index is 418. The van der Waals surface area contributed by atoms with Crippen LogP contribution < -0.4 is 5.32 Å². The van der Waals surface area contributed by atoms with Crippen LogP contribution in [0.5, 0.6) is 0 Å². The van der Waals surface area contributed by atoms with E-state index in [-0.39, 0.29) is 0 Å². The van der Waals surface area contributed by atoms with Crippen LogP contribution in [0.1, 0.15) is 29.8 Å². The van der Waals surface area contributed by atoms with Crippen LogP contribution in [0.3, 0.4) is 0 Å². The third-order valence-corrected chi connectivity index (χ3v) is 2.21. The number of anilines is 1. The molecule has 16 heavy (non-hydrogen) atoms. The van der Waals surface area contributed by atoms with E-state index in [2.05, 4.69) is 5.32 Å². The molecule has 0 aromatic heterocycles. The van der Waals surface area contributed by atoms with Crippen molar-refractivity contribution in [1.82, 2.24) is 0 Å². The second-order valence-electron chi connectivity index (χ2n) is 4.02. The zero-order valence-electron chi connectivity index (χ0n) is 9.87. The lowest BCUT2D eigenvalue weighted by molar-refractivity contribution is 0.0698. The maximum Gasteiger partial charge on any atom is 0.337 e. The molecule has 0 atom stereocenters. The van der Waals surface area contributed by atoms with Gasteiger partial charge in [-0.25, -0.2) is 4.79 Å². The highest BCUT2D eigenvalue weighted by molar-refractivity contribution is 5.94. The van der Waals surface area contributed by atoms with Crippen LogP contribution in [0.2, 0.25) is 0 Å². The van der Waals surface area contributed by atoms with Crippen LogP contribution in [-0.4, -0.2) is 17.6 Å². The summed E-state index contributed by atoms with van der Waals surface area (Å²) in [5, 5.41) is 12.1. The number of hydrogen-bond acceptors (Lipinski definition) is 2. The molecule has 0 heterocycles. The fraction of sp³-hybridized carbons (Fsp3) is 0.308. The van der Waals surface area contributed by atoms with Gasteiger partial charge >= 0.3 is 5.97 Å². The van der Waals surface area contributed by atoms with Crippen LogP contribution in [0.15, 0.2) is 29.8 Å². The van der Waals surface area contributed by atoms with E-state index in [4.69, 9.17) is 5.11 Å². The van der Waals surface area contributed by atoms with Gasteiger partial charge in [0.05, 0.1) is 5.56 Å². The number of carboxylic acids is 1. The maximum absolute atomic E-state index is 11.0.